The Hall–Kier alpha value is -1.10. The van der Waals surface area contributed by atoms with Crippen LogP contribution in [0.1, 0.15) is 18.6 Å². The van der Waals surface area contributed by atoms with Crippen molar-refractivity contribution in [3.05, 3.63) is 29.8 Å². The van der Waals surface area contributed by atoms with Gasteiger partial charge in [0.2, 0.25) is 0 Å². The first-order valence-corrected chi connectivity index (χ1v) is 5.77. The second kappa shape index (κ2) is 6.59. The molecule has 2 unspecified atom stereocenters. The first-order valence-electron chi connectivity index (χ1n) is 5.77. The molecule has 0 aliphatic heterocycles. The molecule has 0 saturated carbocycles. The summed E-state index contributed by atoms with van der Waals surface area (Å²) in [5.41, 5.74) is 7.20. The molecule has 1 aromatic rings. The monoisotopic (exact) mass is 238 g/mol. The number of anilines is 1. The van der Waals surface area contributed by atoms with E-state index in [9.17, 15) is 5.11 Å². The molecule has 0 radical (unpaired) electrons. The predicted molar refractivity (Wildman–Crippen MR) is 69.8 cm³/mol. The van der Waals surface area contributed by atoms with E-state index in [1.54, 1.807) is 19.2 Å². The number of hydrogen-bond acceptors (Lipinski definition) is 4. The fourth-order valence-electron chi connectivity index (χ4n) is 1.64. The van der Waals surface area contributed by atoms with Gasteiger partial charge in [0.25, 0.3) is 0 Å². The van der Waals surface area contributed by atoms with Crippen LogP contribution >= 0.6 is 0 Å². The number of rotatable bonds is 6. The Kier molecular flexibility index (Phi) is 5.41. The molecule has 0 fully saturated rings. The van der Waals surface area contributed by atoms with Gasteiger partial charge in [0, 0.05) is 25.4 Å². The lowest BCUT2D eigenvalue weighted by Crippen LogP contribution is -2.35. The van der Waals surface area contributed by atoms with Crippen molar-refractivity contribution >= 4 is 5.69 Å². The Morgan fingerprint density at radius 3 is 2.47 bits per heavy atom. The highest BCUT2D eigenvalue weighted by molar-refractivity contribution is 5.39. The molecule has 0 saturated heterocycles. The van der Waals surface area contributed by atoms with Gasteiger partial charge in [0.1, 0.15) is 0 Å². The number of methoxy groups -OCH3 is 1. The smallest absolute Gasteiger partial charge is 0.0916 e. The molecule has 0 bridgehead atoms. The van der Waals surface area contributed by atoms with E-state index < -0.39 is 6.10 Å². The van der Waals surface area contributed by atoms with Gasteiger partial charge in [0.15, 0.2) is 0 Å². The van der Waals surface area contributed by atoms with Gasteiger partial charge in [-0.2, -0.15) is 0 Å². The summed E-state index contributed by atoms with van der Waals surface area (Å²) >= 11 is 0. The fraction of sp³-hybridized carbons (Fsp3) is 0.538. The number of aliphatic hydroxyl groups is 1. The molecule has 0 aliphatic carbocycles. The third kappa shape index (κ3) is 4.34. The summed E-state index contributed by atoms with van der Waals surface area (Å²) in [6, 6.07) is 7.60. The van der Waals surface area contributed by atoms with Crippen molar-refractivity contribution in [1.29, 1.82) is 0 Å². The minimum absolute atomic E-state index is 0.281. The van der Waals surface area contributed by atoms with Crippen molar-refractivity contribution in [3.63, 3.8) is 0 Å². The molecule has 0 heterocycles. The van der Waals surface area contributed by atoms with Crippen LogP contribution in [0.2, 0.25) is 0 Å². The van der Waals surface area contributed by atoms with Crippen LogP contribution in [0.25, 0.3) is 0 Å². The fourth-order valence-corrected chi connectivity index (χ4v) is 1.64. The Bertz CT molecular complexity index is 327. The molecular formula is C13H22N2O2. The largest absolute Gasteiger partial charge is 0.399 e. The van der Waals surface area contributed by atoms with Crippen LogP contribution in [0.15, 0.2) is 24.3 Å². The molecule has 4 nitrogen and oxygen atoms in total. The van der Waals surface area contributed by atoms with E-state index in [2.05, 4.69) is 11.8 Å². The lowest BCUT2D eigenvalue weighted by Gasteiger charge is -2.26. The number of nitrogens with two attached hydrogens (primary N) is 1. The van der Waals surface area contributed by atoms with E-state index >= 15 is 0 Å². The van der Waals surface area contributed by atoms with Crippen molar-refractivity contribution in [2.45, 2.75) is 19.1 Å². The summed E-state index contributed by atoms with van der Waals surface area (Å²) < 4.78 is 5.09. The highest BCUT2D eigenvalue weighted by atomic mass is 16.5. The molecule has 17 heavy (non-hydrogen) atoms. The number of ether oxygens (including phenoxy) is 1. The molecule has 96 valence electrons. The molecule has 1 rings (SSSR count). The number of aliphatic hydroxyl groups excluding tert-OH is 1. The van der Waals surface area contributed by atoms with Gasteiger partial charge in [-0.15, -0.1) is 0 Å². The molecule has 0 spiro atoms. The summed E-state index contributed by atoms with van der Waals surface area (Å²) in [4.78, 5) is 2.07. The van der Waals surface area contributed by atoms with Crippen molar-refractivity contribution in [1.82, 2.24) is 4.90 Å². The van der Waals surface area contributed by atoms with Crippen LogP contribution in [-0.2, 0) is 4.74 Å². The van der Waals surface area contributed by atoms with E-state index in [4.69, 9.17) is 10.5 Å². The van der Waals surface area contributed by atoms with Crippen LogP contribution < -0.4 is 5.73 Å². The Balaban J connectivity index is 2.53. The van der Waals surface area contributed by atoms with Crippen molar-refractivity contribution < 1.29 is 9.84 Å². The van der Waals surface area contributed by atoms with Crippen LogP contribution in [0, 0.1) is 0 Å². The van der Waals surface area contributed by atoms with Gasteiger partial charge in [-0.1, -0.05) is 12.1 Å². The normalized spacial score (nSPS) is 14.9. The van der Waals surface area contributed by atoms with E-state index in [1.807, 2.05) is 19.2 Å². The van der Waals surface area contributed by atoms with Crippen LogP contribution in [0.3, 0.4) is 0 Å². The standard InChI is InChI=1S/C13H22N2O2/c1-10(9-17-3)15(2)8-13(16)11-4-6-12(14)7-5-11/h4-7,10,13,16H,8-9,14H2,1-3H3. The Morgan fingerprint density at radius 1 is 1.35 bits per heavy atom. The van der Waals surface area contributed by atoms with E-state index in [1.165, 1.54) is 0 Å². The van der Waals surface area contributed by atoms with Gasteiger partial charge < -0.3 is 15.6 Å². The zero-order valence-electron chi connectivity index (χ0n) is 10.8. The Morgan fingerprint density at radius 2 is 1.94 bits per heavy atom. The van der Waals surface area contributed by atoms with Crippen molar-refractivity contribution in [2.75, 3.05) is 33.0 Å². The average Bonchev–Trinajstić information content (AvgIpc) is 2.30. The first-order chi connectivity index (χ1) is 8.04. The maximum Gasteiger partial charge on any atom is 0.0916 e. The van der Waals surface area contributed by atoms with E-state index in [0.717, 1.165) is 5.56 Å². The lowest BCUT2D eigenvalue weighted by molar-refractivity contribution is 0.0709. The second-order valence-electron chi connectivity index (χ2n) is 4.43. The zero-order chi connectivity index (χ0) is 12.8. The highest BCUT2D eigenvalue weighted by Gasteiger charge is 2.14. The number of likely N-dealkylation sites (N-methyl/N-ethyl adjacent to an activating group) is 1. The molecular weight excluding hydrogens is 216 g/mol. The second-order valence-corrected chi connectivity index (χ2v) is 4.43. The molecule has 1 aromatic carbocycles. The predicted octanol–water partition coefficient (Wildman–Crippen LogP) is 1.27. The molecule has 0 aromatic heterocycles. The number of nitrogens with zero attached hydrogens (tertiary/aromatic N) is 1. The molecule has 0 aliphatic rings. The minimum Gasteiger partial charge on any atom is -0.399 e. The number of nitrogen functional groups attached to an aromatic ring is 1. The molecule has 2 atom stereocenters. The summed E-state index contributed by atoms with van der Waals surface area (Å²) in [6.45, 7) is 3.30. The van der Waals surface area contributed by atoms with Crippen molar-refractivity contribution in [2.24, 2.45) is 0 Å². The average molecular weight is 238 g/mol. The number of hydrogen-bond donors (Lipinski definition) is 2. The molecule has 0 amide bonds. The SMILES string of the molecule is COCC(C)N(C)CC(O)c1ccc(N)cc1. The first kappa shape index (κ1) is 14.0. The maximum atomic E-state index is 10.1. The van der Waals surface area contributed by atoms with Gasteiger partial charge in [0.05, 0.1) is 12.7 Å². The van der Waals surface area contributed by atoms with Gasteiger partial charge in [-0.25, -0.2) is 0 Å². The summed E-state index contributed by atoms with van der Waals surface area (Å²) in [7, 11) is 3.66. The topological polar surface area (TPSA) is 58.7 Å². The third-order valence-electron chi connectivity index (χ3n) is 2.94. The summed E-state index contributed by atoms with van der Waals surface area (Å²) in [6.07, 6.45) is -0.500. The van der Waals surface area contributed by atoms with E-state index in [0.29, 0.717) is 18.8 Å². The minimum atomic E-state index is -0.500. The van der Waals surface area contributed by atoms with Crippen LogP contribution in [0.4, 0.5) is 5.69 Å². The summed E-state index contributed by atoms with van der Waals surface area (Å²) in [5.74, 6) is 0. The highest BCUT2D eigenvalue weighted by Crippen LogP contribution is 2.16. The maximum absolute atomic E-state index is 10.1. The van der Waals surface area contributed by atoms with Gasteiger partial charge >= 0.3 is 0 Å². The van der Waals surface area contributed by atoms with Crippen LogP contribution in [-0.4, -0.2) is 43.4 Å². The molecule has 3 N–H and O–H groups in total. The van der Waals surface area contributed by atoms with Crippen LogP contribution in [0.5, 0.6) is 0 Å². The van der Waals surface area contributed by atoms with Crippen molar-refractivity contribution in [3.8, 4) is 0 Å². The number of benzene rings is 1. The Labute approximate surface area is 103 Å². The third-order valence-corrected chi connectivity index (χ3v) is 2.94. The molecule has 4 heteroatoms. The zero-order valence-corrected chi connectivity index (χ0v) is 10.8. The quantitative estimate of drug-likeness (QED) is 0.733. The van der Waals surface area contributed by atoms with Gasteiger partial charge in [-0.3, -0.25) is 4.90 Å². The lowest BCUT2D eigenvalue weighted by atomic mass is 10.1. The van der Waals surface area contributed by atoms with Gasteiger partial charge in [-0.05, 0) is 31.7 Å². The summed E-state index contributed by atoms with van der Waals surface area (Å²) in [5, 5.41) is 10.1. The van der Waals surface area contributed by atoms with E-state index in [-0.39, 0.29) is 6.04 Å².